The molecule has 0 aliphatic carbocycles. The fraction of sp³-hybridized carbons (Fsp3) is 0.302. The van der Waals surface area contributed by atoms with Gasteiger partial charge in [-0.15, -0.1) is 0 Å². The Bertz CT molecular complexity index is 1860. The number of methoxy groups -OCH3 is 2. The van der Waals surface area contributed by atoms with Crippen LogP contribution in [0.5, 0.6) is 28.7 Å². The van der Waals surface area contributed by atoms with Crippen molar-refractivity contribution in [3.63, 3.8) is 0 Å². The van der Waals surface area contributed by atoms with Crippen molar-refractivity contribution in [1.82, 2.24) is 9.80 Å². The number of likely N-dealkylation sites (tertiary alicyclic amines) is 2. The van der Waals surface area contributed by atoms with Crippen molar-refractivity contribution in [2.45, 2.75) is 37.9 Å². The minimum Gasteiger partial charge on any atom is -0.496 e. The highest BCUT2D eigenvalue weighted by atomic mass is 16.5. The fourth-order valence-corrected chi connectivity index (χ4v) is 6.65. The van der Waals surface area contributed by atoms with E-state index in [0.29, 0.717) is 56.3 Å². The van der Waals surface area contributed by atoms with Crippen molar-refractivity contribution in [3.8, 4) is 51.0 Å². The van der Waals surface area contributed by atoms with Crippen LogP contribution in [0.2, 0.25) is 0 Å². The average molecular weight is 703 g/mol. The summed E-state index contributed by atoms with van der Waals surface area (Å²) in [6, 6.07) is 29.6. The highest BCUT2D eigenvalue weighted by Crippen LogP contribution is 2.38. The number of para-hydroxylation sites is 1. The topological polar surface area (TPSA) is 86.8 Å². The van der Waals surface area contributed by atoms with Gasteiger partial charge in [-0.1, -0.05) is 61.2 Å². The highest BCUT2D eigenvalue weighted by molar-refractivity contribution is 5.88. The molecular weight excluding hydrogens is 656 g/mol. The van der Waals surface area contributed by atoms with Crippen molar-refractivity contribution in [1.29, 1.82) is 0 Å². The molecule has 2 amide bonds. The van der Waals surface area contributed by atoms with Gasteiger partial charge in [0.25, 0.3) is 0 Å². The smallest absolute Gasteiger partial charge is 0.246 e. The number of carbonyl (C=O) groups excluding carboxylic acids is 2. The normalized spacial score (nSPS) is 15.3. The molecular formula is C43H46N2O7. The molecule has 2 fully saturated rings. The lowest BCUT2D eigenvalue weighted by Crippen LogP contribution is -2.41. The second kappa shape index (κ2) is 17.5. The van der Waals surface area contributed by atoms with Crippen molar-refractivity contribution in [2.75, 3.05) is 47.0 Å². The quantitative estimate of drug-likeness (QED) is 0.133. The maximum atomic E-state index is 13.1. The van der Waals surface area contributed by atoms with Gasteiger partial charge in [-0.25, -0.2) is 0 Å². The van der Waals surface area contributed by atoms with Crippen molar-refractivity contribution in [2.24, 2.45) is 0 Å². The lowest BCUT2D eigenvalue weighted by atomic mass is 10.0. The predicted molar refractivity (Wildman–Crippen MR) is 202 cm³/mol. The number of amides is 2. The Morgan fingerprint density at radius 3 is 1.98 bits per heavy atom. The zero-order valence-corrected chi connectivity index (χ0v) is 29.9. The fourth-order valence-electron chi connectivity index (χ4n) is 6.65. The molecule has 9 heteroatoms. The molecule has 0 atom stereocenters. The van der Waals surface area contributed by atoms with Gasteiger partial charge in [0.2, 0.25) is 11.8 Å². The summed E-state index contributed by atoms with van der Waals surface area (Å²) in [4.78, 5) is 28.7. The van der Waals surface area contributed by atoms with Gasteiger partial charge in [0, 0.05) is 69.1 Å². The van der Waals surface area contributed by atoms with Crippen LogP contribution in [0, 0.1) is 0 Å². The molecule has 52 heavy (non-hydrogen) atoms. The van der Waals surface area contributed by atoms with E-state index >= 15 is 0 Å². The monoisotopic (exact) mass is 702 g/mol. The maximum absolute atomic E-state index is 13.1. The summed E-state index contributed by atoms with van der Waals surface area (Å²) < 4.78 is 30.1. The van der Waals surface area contributed by atoms with Gasteiger partial charge in [-0.3, -0.25) is 9.59 Å². The third-order valence-corrected chi connectivity index (χ3v) is 9.49. The van der Waals surface area contributed by atoms with Crippen LogP contribution in [-0.4, -0.2) is 80.8 Å². The minimum atomic E-state index is -0.0503. The van der Waals surface area contributed by atoms with Crippen LogP contribution in [0.1, 0.15) is 25.7 Å². The Morgan fingerprint density at radius 2 is 1.29 bits per heavy atom. The van der Waals surface area contributed by atoms with Crippen molar-refractivity contribution < 1.29 is 33.3 Å². The lowest BCUT2D eigenvalue weighted by molar-refractivity contribution is -0.128. The standard InChI is InChI=1S/C43H46N2O7/c1-4-42(46)44-24-20-33(21-25-44)51-35-17-19-39(37(30-35)31-11-6-5-7-12-31)50-28-10-15-43(47)45-26-22-34(23-27-45)52-41-29-32(16-18-40(41)49-3)36-13-8-9-14-38(36)48-2/h4-19,29-30,33-34H,1,20-28H2,2-3H3/b15-10+. The van der Waals surface area contributed by atoms with Crippen molar-refractivity contribution >= 4 is 11.8 Å². The molecule has 0 radical (unpaired) electrons. The first-order valence-electron chi connectivity index (χ1n) is 17.8. The number of benzene rings is 4. The first-order valence-corrected chi connectivity index (χ1v) is 17.8. The second-order valence-electron chi connectivity index (χ2n) is 12.8. The van der Waals surface area contributed by atoms with E-state index in [1.54, 1.807) is 31.3 Å². The van der Waals surface area contributed by atoms with Crippen LogP contribution in [0.25, 0.3) is 22.3 Å². The average Bonchev–Trinajstić information content (AvgIpc) is 3.20. The summed E-state index contributed by atoms with van der Waals surface area (Å²) in [5.74, 6) is 3.48. The molecule has 2 saturated heterocycles. The van der Waals surface area contributed by atoms with Gasteiger partial charge in [0.1, 0.15) is 36.1 Å². The largest absolute Gasteiger partial charge is 0.496 e. The molecule has 4 aromatic carbocycles. The van der Waals surface area contributed by atoms with Crippen LogP contribution >= 0.6 is 0 Å². The molecule has 2 heterocycles. The molecule has 0 bridgehead atoms. The van der Waals surface area contributed by atoms with E-state index in [-0.39, 0.29) is 30.6 Å². The molecule has 6 rings (SSSR count). The molecule has 0 aromatic heterocycles. The van der Waals surface area contributed by atoms with Gasteiger partial charge in [-0.05, 0) is 59.7 Å². The van der Waals surface area contributed by atoms with Gasteiger partial charge >= 0.3 is 0 Å². The van der Waals surface area contributed by atoms with Crippen molar-refractivity contribution in [3.05, 3.63) is 116 Å². The van der Waals surface area contributed by atoms with E-state index in [1.165, 1.54) is 6.08 Å². The summed E-state index contributed by atoms with van der Waals surface area (Å²) in [6.07, 6.45) is 7.62. The minimum absolute atomic E-state index is 0.0214. The third kappa shape index (κ3) is 8.96. The van der Waals surface area contributed by atoms with E-state index in [0.717, 1.165) is 46.6 Å². The van der Waals surface area contributed by atoms with Gasteiger partial charge < -0.3 is 33.5 Å². The number of nitrogens with zero attached hydrogens (tertiary/aromatic N) is 2. The molecule has 2 aliphatic rings. The number of rotatable bonds is 13. The van der Waals surface area contributed by atoms with Gasteiger partial charge in [0.15, 0.2) is 11.5 Å². The number of ether oxygens (including phenoxy) is 5. The highest BCUT2D eigenvalue weighted by Gasteiger charge is 2.25. The molecule has 0 N–H and O–H groups in total. The molecule has 0 unspecified atom stereocenters. The zero-order chi connectivity index (χ0) is 36.3. The Morgan fingerprint density at radius 1 is 0.654 bits per heavy atom. The Kier molecular flexibility index (Phi) is 12.1. The zero-order valence-electron chi connectivity index (χ0n) is 29.9. The van der Waals surface area contributed by atoms with Crippen LogP contribution in [-0.2, 0) is 9.59 Å². The van der Waals surface area contributed by atoms with E-state index in [4.69, 9.17) is 23.7 Å². The molecule has 9 nitrogen and oxygen atoms in total. The van der Waals surface area contributed by atoms with Crippen LogP contribution in [0.15, 0.2) is 116 Å². The summed E-state index contributed by atoms with van der Waals surface area (Å²) in [7, 11) is 3.30. The Labute approximate surface area is 306 Å². The van der Waals surface area contributed by atoms with Gasteiger partial charge in [0.05, 0.1) is 14.2 Å². The Balaban J connectivity index is 1.02. The molecule has 2 aliphatic heterocycles. The number of hydrogen-bond acceptors (Lipinski definition) is 7. The van der Waals surface area contributed by atoms with E-state index in [9.17, 15) is 9.59 Å². The molecule has 0 saturated carbocycles. The lowest BCUT2D eigenvalue weighted by Gasteiger charge is -2.32. The summed E-state index contributed by atoms with van der Waals surface area (Å²) in [5, 5.41) is 0. The van der Waals surface area contributed by atoms with E-state index in [1.807, 2.05) is 95.9 Å². The van der Waals surface area contributed by atoms with E-state index < -0.39 is 0 Å². The van der Waals surface area contributed by atoms with Crippen LogP contribution in [0.4, 0.5) is 0 Å². The first-order chi connectivity index (χ1) is 25.4. The SMILES string of the molecule is C=CC(=O)N1CCC(Oc2ccc(OC/C=C/C(=O)N3CCC(Oc4cc(-c5ccccc5OC)ccc4OC)CC3)c(-c3ccccc3)c2)CC1. The first kappa shape index (κ1) is 36.1. The predicted octanol–water partition coefficient (Wildman–Crippen LogP) is 7.60. The summed E-state index contributed by atoms with van der Waals surface area (Å²) in [5.41, 5.74) is 3.86. The molecule has 4 aromatic rings. The van der Waals surface area contributed by atoms with Crippen LogP contribution < -0.4 is 23.7 Å². The summed E-state index contributed by atoms with van der Waals surface area (Å²) >= 11 is 0. The number of carbonyl (C=O) groups is 2. The Hall–Kier alpha value is -5.70. The molecule has 270 valence electrons. The van der Waals surface area contributed by atoms with Gasteiger partial charge in [-0.2, -0.15) is 0 Å². The van der Waals surface area contributed by atoms with E-state index in [2.05, 4.69) is 6.58 Å². The maximum Gasteiger partial charge on any atom is 0.246 e. The molecule has 0 spiro atoms. The second-order valence-corrected chi connectivity index (χ2v) is 12.8. The third-order valence-electron chi connectivity index (χ3n) is 9.49. The van der Waals surface area contributed by atoms with Crippen LogP contribution in [0.3, 0.4) is 0 Å². The number of hydrogen-bond donors (Lipinski definition) is 0. The number of piperidine rings is 2. The summed E-state index contributed by atoms with van der Waals surface area (Å²) in [6.45, 7) is 6.30.